The van der Waals surface area contributed by atoms with Crippen molar-refractivity contribution in [3.63, 3.8) is 0 Å². The van der Waals surface area contributed by atoms with E-state index in [9.17, 15) is 0 Å². The van der Waals surface area contributed by atoms with Crippen molar-refractivity contribution >= 4 is 22.4 Å². The first-order chi connectivity index (χ1) is 12.3. The van der Waals surface area contributed by atoms with E-state index in [-0.39, 0.29) is 0 Å². The number of fused-ring (bicyclic) bond motifs is 1. The molecular weight excluding hydrogens is 314 g/mol. The number of hydrogen-bond acceptors (Lipinski definition) is 6. The molecule has 1 saturated heterocycles. The van der Waals surface area contributed by atoms with Crippen LogP contribution in [0.4, 0.5) is 5.82 Å². The van der Waals surface area contributed by atoms with E-state index in [1.165, 1.54) is 11.3 Å². The normalized spacial score (nSPS) is 17.9. The van der Waals surface area contributed by atoms with Crippen LogP contribution in [0.3, 0.4) is 0 Å². The molecule has 0 radical (unpaired) electrons. The molecule has 1 aliphatic heterocycles. The maximum absolute atomic E-state index is 5.44. The lowest BCUT2D eigenvalue weighted by Crippen LogP contribution is -2.35. The van der Waals surface area contributed by atoms with E-state index in [0.29, 0.717) is 0 Å². The summed E-state index contributed by atoms with van der Waals surface area (Å²) in [5.41, 5.74) is 4.98. The van der Waals surface area contributed by atoms with E-state index >= 15 is 0 Å². The van der Waals surface area contributed by atoms with Crippen LogP contribution < -0.4 is 5.32 Å². The third-order valence-electron chi connectivity index (χ3n) is 4.48. The molecule has 3 heterocycles. The lowest BCUT2D eigenvalue weighted by atomic mass is 10.1. The lowest BCUT2D eigenvalue weighted by Gasteiger charge is -2.29. The summed E-state index contributed by atoms with van der Waals surface area (Å²) in [6.07, 6.45) is 13.0. The molecule has 6 nitrogen and oxygen atoms in total. The van der Waals surface area contributed by atoms with Crippen LogP contribution in [0.1, 0.15) is 12.1 Å². The molecule has 2 aliphatic rings. The molecule has 1 fully saturated rings. The number of hydrogen-bond donors (Lipinski definition) is 1. The van der Waals surface area contributed by atoms with Gasteiger partial charge in [0.05, 0.1) is 24.4 Å². The number of rotatable bonds is 3. The summed E-state index contributed by atoms with van der Waals surface area (Å²) in [6.45, 7) is 3.45. The van der Waals surface area contributed by atoms with Gasteiger partial charge in [0.25, 0.3) is 0 Å². The molecule has 2 aromatic heterocycles. The topological polar surface area (TPSA) is 63.2 Å². The third kappa shape index (κ3) is 3.25. The molecule has 6 heteroatoms. The Balaban J connectivity index is 1.69. The lowest BCUT2D eigenvalue weighted by molar-refractivity contribution is 0.0554. The summed E-state index contributed by atoms with van der Waals surface area (Å²) in [4.78, 5) is 15.9. The highest BCUT2D eigenvalue weighted by Crippen LogP contribution is 2.26. The first-order valence-corrected chi connectivity index (χ1v) is 8.55. The fourth-order valence-corrected chi connectivity index (χ4v) is 3.15. The molecule has 25 heavy (non-hydrogen) atoms. The molecule has 1 aliphatic carbocycles. The average molecular weight is 335 g/mol. The van der Waals surface area contributed by atoms with Crippen molar-refractivity contribution in [2.24, 2.45) is 0 Å². The minimum atomic E-state index is 0.757. The minimum Gasteiger partial charge on any atom is -0.378 e. The number of aromatic nitrogens is 3. The monoisotopic (exact) mass is 335 g/mol. The zero-order chi connectivity index (χ0) is 17.1. The van der Waals surface area contributed by atoms with Gasteiger partial charge in [0.2, 0.25) is 0 Å². The van der Waals surface area contributed by atoms with Crippen molar-refractivity contribution in [3.05, 3.63) is 54.2 Å². The van der Waals surface area contributed by atoms with Crippen LogP contribution in [0.5, 0.6) is 0 Å². The fourth-order valence-electron chi connectivity index (χ4n) is 3.15. The van der Waals surface area contributed by atoms with Crippen LogP contribution in [-0.4, -0.2) is 53.2 Å². The van der Waals surface area contributed by atoms with Gasteiger partial charge in [-0.3, -0.25) is 4.98 Å². The van der Waals surface area contributed by atoms with Gasteiger partial charge >= 0.3 is 0 Å². The first-order valence-electron chi connectivity index (χ1n) is 8.55. The highest BCUT2D eigenvalue weighted by Gasteiger charge is 2.14. The van der Waals surface area contributed by atoms with Gasteiger partial charge in [-0.1, -0.05) is 12.2 Å². The second-order valence-corrected chi connectivity index (χ2v) is 6.02. The maximum Gasteiger partial charge on any atom is 0.154 e. The number of nitrogens with zero attached hydrogens (tertiary/aromatic N) is 4. The Morgan fingerprint density at radius 2 is 1.96 bits per heavy atom. The summed E-state index contributed by atoms with van der Waals surface area (Å²) in [6, 6.07) is 2.01. The van der Waals surface area contributed by atoms with Gasteiger partial charge in [0.1, 0.15) is 5.52 Å². The van der Waals surface area contributed by atoms with Crippen molar-refractivity contribution in [1.29, 1.82) is 0 Å². The summed E-state index contributed by atoms with van der Waals surface area (Å²) >= 11 is 0. The molecule has 0 bridgehead atoms. The van der Waals surface area contributed by atoms with E-state index in [4.69, 9.17) is 9.72 Å². The Morgan fingerprint density at radius 1 is 1.12 bits per heavy atom. The predicted molar refractivity (Wildman–Crippen MR) is 99.1 cm³/mol. The number of ether oxygens (including phenoxy) is 1. The van der Waals surface area contributed by atoms with E-state index in [2.05, 4.69) is 44.5 Å². The molecule has 0 spiro atoms. The smallest absolute Gasteiger partial charge is 0.154 e. The van der Waals surface area contributed by atoms with E-state index < -0.39 is 0 Å². The molecule has 128 valence electrons. The molecular formula is C19H21N5O. The Hall–Kier alpha value is -2.73. The summed E-state index contributed by atoms with van der Waals surface area (Å²) in [5, 5.41) is 3.13. The molecule has 0 atom stereocenters. The van der Waals surface area contributed by atoms with Crippen LogP contribution >= 0.6 is 0 Å². The van der Waals surface area contributed by atoms with Gasteiger partial charge in [-0.15, -0.1) is 0 Å². The summed E-state index contributed by atoms with van der Waals surface area (Å²) in [5.74, 6) is 0.757. The summed E-state index contributed by atoms with van der Waals surface area (Å²) < 4.78 is 5.44. The van der Waals surface area contributed by atoms with Gasteiger partial charge in [-0.2, -0.15) is 0 Å². The van der Waals surface area contributed by atoms with Crippen molar-refractivity contribution < 1.29 is 4.74 Å². The number of pyridine rings is 1. The van der Waals surface area contributed by atoms with Gasteiger partial charge < -0.3 is 15.0 Å². The van der Waals surface area contributed by atoms with Crippen molar-refractivity contribution in [1.82, 2.24) is 19.9 Å². The first kappa shape index (κ1) is 15.8. The van der Waals surface area contributed by atoms with Crippen molar-refractivity contribution in [2.45, 2.75) is 6.42 Å². The SMILES string of the molecule is CNc1nc(C2=CC=C(N3CCOCC3)C=CC2)cc2nccnc12. The standard InChI is InChI=1S/C19H21N5O/c1-20-19-18-17(21-7-8-22-18)13-16(23-19)14-3-2-4-15(6-5-14)24-9-11-25-12-10-24/h2,4-8,13H,3,9-12H2,1H3,(H,20,23). The van der Waals surface area contributed by atoms with Crippen molar-refractivity contribution in [2.75, 3.05) is 38.7 Å². The highest BCUT2D eigenvalue weighted by molar-refractivity contribution is 5.88. The molecule has 1 N–H and O–H groups in total. The molecule has 0 aromatic carbocycles. The minimum absolute atomic E-state index is 0.757. The molecule has 0 saturated carbocycles. The van der Waals surface area contributed by atoms with Crippen LogP contribution in [0.25, 0.3) is 16.6 Å². The van der Waals surface area contributed by atoms with Crippen LogP contribution in [0.15, 0.2) is 48.5 Å². The molecule has 2 aromatic rings. The summed E-state index contributed by atoms with van der Waals surface area (Å²) in [7, 11) is 1.86. The van der Waals surface area contributed by atoms with Crippen LogP contribution in [-0.2, 0) is 4.74 Å². The maximum atomic E-state index is 5.44. The van der Waals surface area contributed by atoms with Crippen molar-refractivity contribution in [3.8, 4) is 0 Å². The second kappa shape index (κ2) is 7.03. The quantitative estimate of drug-likeness (QED) is 0.930. The molecule has 4 rings (SSSR count). The highest BCUT2D eigenvalue weighted by atomic mass is 16.5. The van der Waals surface area contributed by atoms with Gasteiger partial charge in [0.15, 0.2) is 5.82 Å². The largest absolute Gasteiger partial charge is 0.378 e. The Bertz CT molecular complexity index is 865. The molecule has 0 unspecified atom stereocenters. The zero-order valence-corrected chi connectivity index (χ0v) is 14.3. The Morgan fingerprint density at radius 3 is 2.80 bits per heavy atom. The Kier molecular flexibility index (Phi) is 4.43. The van der Waals surface area contributed by atoms with Gasteiger partial charge in [-0.05, 0) is 30.2 Å². The number of morpholine rings is 1. The predicted octanol–water partition coefficient (Wildman–Crippen LogP) is 2.63. The Labute approximate surface area is 146 Å². The number of anilines is 1. The number of allylic oxidation sites excluding steroid dienone is 5. The fraction of sp³-hybridized carbons (Fsp3) is 0.316. The molecule has 0 amide bonds. The van der Waals surface area contributed by atoms with E-state index in [0.717, 1.165) is 55.3 Å². The third-order valence-corrected chi connectivity index (χ3v) is 4.48. The number of nitrogens with one attached hydrogen (secondary N) is 1. The van der Waals surface area contributed by atoms with Gasteiger partial charge in [-0.25, -0.2) is 9.97 Å². The van der Waals surface area contributed by atoms with Crippen LogP contribution in [0.2, 0.25) is 0 Å². The zero-order valence-electron chi connectivity index (χ0n) is 14.3. The van der Waals surface area contributed by atoms with E-state index in [1.54, 1.807) is 12.4 Å². The second-order valence-electron chi connectivity index (χ2n) is 6.02. The van der Waals surface area contributed by atoms with E-state index in [1.807, 2.05) is 13.1 Å². The average Bonchev–Trinajstić information content (AvgIpc) is 2.94. The van der Waals surface area contributed by atoms with Gasteiger partial charge in [0, 0.05) is 38.2 Å². The van der Waals surface area contributed by atoms with Crippen LogP contribution in [0, 0.1) is 0 Å².